The third kappa shape index (κ3) is 2.60. The Morgan fingerprint density at radius 1 is 1.32 bits per heavy atom. The first-order chi connectivity index (χ1) is 11.6. The van der Waals surface area contributed by atoms with E-state index in [0.717, 1.165) is 0 Å². The van der Waals surface area contributed by atoms with Gasteiger partial charge in [-0.05, 0) is 30.1 Å². The molecule has 25 heavy (non-hydrogen) atoms. The maximum atomic E-state index is 12.6. The standard InChI is InChI=1S/C19H24O6/c1-10-4-16-18(23,17(10)22)8-13(9-20)6-14-7-15(25-12(3)21)5-11(2)19(14,16)24/h4,6-7,11,14,16,20,23-24H,5,8-9H2,1-3H3/t11-,14+,16-,18-,19-/m1/s1. The van der Waals surface area contributed by atoms with Crippen molar-refractivity contribution in [2.24, 2.45) is 17.8 Å². The summed E-state index contributed by atoms with van der Waals surface area (Å²) in [6.07, 6.45) is 5.29. The van der Waals surface area contributed by atoms with Gasteiger partial charge in [-0.1, -0.05) is 19.1 Å². The summed E-state index contributed by atoms with van der Waals surface area (Å²) in [6, 6.07) is 0. The molecular weight excluding hydrogens is 324 g/mol. The van der Waals surface area contributed by atoms with Crippen molar-refractivity contribution >= 4 is 11.8 Å². The van der Waals surface area contributed by atoms with Crippen molar-refractivity contribution < 1.29 is 29.6 Å². The van der Waals surface area contributed by atoms with Gasteiger partial charge in [0.15, 0.2) is 5.78 Å². The summed E-state index contributed by atoms with van der Waals surface area (Å²) >= 11 is 0. The third-order valence-electron chi connectivity index (χ3n) is 5.77. The summed E-state index contributed by atoms with van der Waals surface area (Å²) in [4.78, 5) is 23.9. The number of esters is 1. The van der Waals surface area contributed by atoms with E-state index >= 15 is 0 Å². The highest BCUT2D eigenvalue weighted by Crippen LogP contribution is 2.53. The number of ketones is 1. The molecule has 6 heteroatoms. The van der Waals surface area contributed by atoms with Gasteiger partial charge in [-0.2, -0.15) is 0 Å². The zero-order chi connectivity index (χ0) is 18.6. The number of hydrogen-bond donors (Lipinski definition) is 3. The van der Waals surface area contributed by atoms with Crippen molar-refractivity contribution in [1.82, 2.24) is 0 Å². The number of aliphatic hydroxyl groups excluding tert-OH is 1. The van der Waals surface area contributed by atoms with Gasteiger partial charge in [-0.3, -0.25) is 9.59 Å². The predicted octanol–water partition coefficient (Wildman–Crippen LogP) is 1.02. The van der Waals surface area contributed by atoms with E-state index in [9.17, 15) is 24.9 Å². The number of aliphatic hydroxyl groups is 3. The molecule has 0 saturated carbocycles. The first-order valence-corrected chi connectivity index (χ1v) is 8.50. The van der Waals surface area contributed by atoms with E-state index in [1.54, 1.807) is 25.2 Å². The molecule has 0 radical (unpaired) electrons. The lowest BCUT2D eigenvalue weighted by molar-refractivity contribution is -0.160. The molecule has 0 aromatic carbocycles. The average molecular weight is 348 g/mol. The van der Waals surface area contributed by atoms with E-state index in [0.29, 0.717) is 23.3 Å². The summed E-state index contributed by atoms with van der Waals surface area (Å²) in [7, 11) is 0. The minimum absolute atomic E-state index is 0.0247. The molecule has 3 rings (SSSR count). The Hall–Kier alpha value is -1.76. The fourth-order valence-electron chi connectivity index (χ4n) is 4.57. The van der Waals surface area contributed by atoms with Gasteiger partial charge < -0.3 is 20.1 Å². The highest BCUT2D eigenvalue weighted by Gasteiger charge is 2.62. The van der Waals surface area contributed by atoms with Crippen LogP contribution in [0.2, 0.25) is 0 Å². The van der Waals surface area contributed by atoms with Crippen LogP contribution in [0.4, 0.5) is 0 Å². The molecule has 0 bridgehead atoms. The van der Waals surface area contributed by atoms with E-state index in [1.165, 1.54) is 6.92 Å². The van der Waals surface area contributed by atoms with Crippen molar-refractivity contribution in [1.29, 1.82) is 0 Å². The van der Waals surface area contributed by atoms with Crippen LogP contribution >= 0.6 is 0 Å². The molecule has 5 atom stereocenters. The number of fused-ring (bicyclic) bond motifs is 3. The zero-order valence-corrected chi connectivity index (χ0v) is 14.7. The van der Waals surface area contributed by atoms with Crippen LogP contribution in [-0.4, -0.2) is 44.9 Å². The van der Waals surface area contributed by atoms with Crippen molar-refractivity contribution in [2.75, 3.05) is 6.61 Å². The molecule has 0 aromatic heterocycles. The number of allylic oxidation sites excluding steroid dienone is 1. The van der Waals surface area contributed by atoms with E-state index < -0.39 is 34.8 Å². The summed E-state index contributed by atoms with van der Waals surface area (Å²) in [6.45, 7) is 4.44. The average Bonchev–Trinajstić information content (AvgIpc) is 2.69. The first kappa shape index (κ1) is 18.0. The summed E-state index contributed by atoms with van der Waals surface area (Å²) in [5.41, 5.74) is -2.27. The molecule has 3 aliphatic carbocycles. The molecule has 3 N–H and O–H groups in total. The van der Waals surface area contributed by atoms with Crippen LogP contribution in [-0.2, 0) is 14.3 Å². The topological polar surface area (TPSA) is 104 Å². The Morgan fingerprint density at radius 3 is 2.60 bits per heavy atom. The highest BCUT2D eigenvalue weighted by atomic mass is 16.5. The fourth-order valence-corrected chi connectivity index (χ4v) is 4.57. The number of carbonyl (C=O) groups excluding carboxylic acids is 2. The van der Waals surface area contributed by atoms with Gasteiger partial charge in [0, 0.05) is 31.6 Å². The number of ether oxygens (including phenoxy) is 1. The molecule has 0 unspecified atom stereocenters. The van der Waals surface area contributed by atoms with E-state index in [4.69, 9.17) is 4.74 Å². The predicted molar refractivity (Wildman–Crippen MR) is 89.1 cm³/mol. The Kier molecular flexibility index (Phi) is 4.26. The van der Waals surface area contributed by atoms with E-state index in [-0.39, 0.29) is 18.9 Å². The van der Waals surface area contributed by atoms with Gasteiger partial charge in [0.2, 0.25) is 0 Å². The Balaban J connectivity index is 2.15. The van der Waals surface area contributed by atoms with Crippen molar-refractivity contribution in [3.8, 4) is 0 Å². The largest absolute Gasteiger partial charge is 0.432 e. The van der Waals surface area contributed by atoms with Gasteiger partial charge in [0.1, 0.15) is 11.4 Å². The van der Waals surface area contributed by atoms with Crippen LogP contribution in [0.5, 0.6) is 0 Å². The van der Waals surface area contributed by atoms with E-state index in [2.05, 4.69) is 0 Å². The lowest BCUT2D eigenvalue weighted by Gasteiger charge is -2.48. The first-order valence-electron chi connectivity index (χ1n) is 8.50. The van der Waals surface area contributed by atoms with Gasteiger partial charge in [-0.15, -0.1) is 0 Å². The SMILES string of the molecule is CC(=O)OC1=C[C@@H]2C=C(CO)C[C@]3(O)C(=O)C(C)=C[C@H]3[C@@]2(O)[C@H](C)C1. The molecule has 0 spiro atoms. The second-order valence-electron chi connectivity index (χ2n) is 7.49. The normalized spacial score (nSPS) is 40.3. The third-order valence-corrected chi connectivity index (χ3v) is 5.77. The van der Waals surface area contributed by atoms with Crippen LogP contribution in [0.1, 0.15) is 33.6 Å². The second-order valence-corrected chi connectivity index (χ2v) is 7.49. The minimum Gasteiger partial charge on any atom is -0.432 e. The monoisotopic (exact) mass is 348 g/mol. The summed E-state index contributed by atoms with van der Waals surface area (Å²) < 4.78 is 5.22. The van der Waals surface area contributed by atoms with Crippen molar-refractivity contribution in [2.45, 2.75) is 44.8 Å². The van der Waals surface area contributed by atoms with Crippen molar-refractivity contribution in [3.63, 3.8) is 0 Å². The number of hydrogen-bond acceptors (Lipinski definition) is 6. The molecule has 0 amide bonds. The molecule has 136 valence electrons. The molecular formula is C19H24O6. The molecule has 3 aliphatic rings. The van der Waals surface area contributed by atoms with Gasteiger partial charge in [0.05, 0.1) is 12.2 Å². The smallest absolute Gasteiger partial charge is 0.307 e. The molecule has 0 fully saturated rings. The van der Waals surface area contributed by atoms with Crippen LogP contribution in [0.3, 0.4) is 0 Å². The summed E-state index contributed by atoms with van der Waals surface area (Å²) in [5.74, 6) is -2.12. The fraction of sp³-hybridized carbons (Fsp3) is 0.579. The molecule has 0 heterocycles. The summed E-state index contributed by atoms with van der Waals surface area (Å²) in [5, 5.41) is 32.4. The number of rotatable bonds is 2. The molecule has 0 aromatic rings. The highest BCUT2D eigenvalue weighted by molar-refractivity contribution is 6.04. The van der Waals surface area contributed by atoms with Crippen LogP contribution in [0, 0.1) is 17.8 Å². The number of carbonyl (C=O) groups is 2. The van der Waals surface area contributed by atoms with Crippen LogP contribution in [0.15, 0.2) is 35.1 Å². The quantitative estimate of drug-likeness (QED) is 0.508. The lowest BCUT2D eigenvalue weighted by Crippen LogP contribution is -2.58. The molecule has 6 nitrogen and oxygen atoms in total. The second kappa shape index (κ2) is 5.90. The molecule has 0 aliphatic heterocycles. The lowest BCUT2D eigenvalue weighted by atomic mass is 9.62. The maximum absolute atomic E-state index is 12.6. The Morgan fingerprint density at radius 2 is 2.00 bits per heavy atom. The maximum Gasteiger partial charge on any atom is 0.307 e. The van der Waals surface area contributed by atoms with Gasteiger partial charge >= 0.3 is 5.97 Å². The van der Waals surface area contributed by atoms with Crippen LogP contribution in [0.25, 0.3) is 0 Å². The van der Waals surface area contributed by atoms with Gasteiger partial charge in [0.25, 0.3) is 0 Å². The Labute approximate surface area is 146 Å². The van der Waals surface area contributed by atoms with E-state index in [1.807, 2.05) is 6.92 Å². The van der Waals surface area contributed by atoms with Crippen molar-refractivity contribution in [3.05, 3.63) is 35.1 Å². The zero-order valence-electron chi connectivity index (χ0n) is 14.7. The number of Topliss-reactive ketones (excluding diaryl/α,β-unsaturated/α-hetero) is 1. The molecule has 0 saturated heterocycles. The minimum atomic E-state index is -1.76. The van der Waals surface area contributed by atoms with Crippen LogP contribution < -0.4 is 0 Å². The Bertz CT molecular complexity index is 717. The van der Waals surface area contributed by atoms with Gasteiger partial charge in [-0.25, -0.2) is 0 Å².